The van der Waals surface area contributed by atoms with E-state index in [9.17, 15) is 19.7 Å². The molecule has 4 rings (SSSR count). The summed E-state index contributed by atoms with van der Waals surface area (Å²) >= 11 is 0. The Morgan fingerprint density at radius 1 is 0.938 bits per heavy atom. The van der Waals surface area contributed by atoms with E-state index < -0.39 is 16.5 Å². The first-order valence-electron chi connectivity index (χ1n) is 9.34. The molecule has 0 spiro atoms. The first kappa shape index (κ1) is 20.4. The van der Waals surface area contributed by atoms with E-state index in [0.717, 1.165) is 0 Å². The third kappa shape index (κ3) is 4.05. The quantitative estimate of drug-likeness (QED) is 0.256. The molecule has 0 amide bonds. The van der Waals surface area contributed by atoms with Crippen LogP contribution in [0.1, 0.15) is 10.4 Å². The Kier molecular flexibility index (Phi) is 5.41. The molecule has 0 saturated heterocycles. The van der Waals surface area contributed by atoms with Crippen molar-refractivity contribution in [3.63, 3.8) is 0 Å². The Morgan fingerprint density at radius 2 is 1.59 bits per heavy atom. The van der Waals surface area contributed by atoms with E-state index in [0.29, 0.717) is 22.6 Å². The van der Waals surface area contributed by atoms with Gasteiger partial charge in [0.2, 0.25) is 0 Å². The van der Waals surface area contributed by atoms with Gasteiger partial charge in [-0.15, -0.1) is 5.11 Å². The number of aromatic nitrogens is 2. The van der Waals surface area contributed by atoms with Gasteiger partial charge in [-0.2, -0.15) is 5.11 Å². The predicted octanol–water partition coefficient (Wildman–Crippen LogP) is 4.85. The molecule has 0 aliphatic rings. The number of rotatable bonds is 6. The number of aromatic amines is 1. The first-order valence-corrected chi connectivity index (χ1v) is 9.34. The summed E-state index contributed by atoms with van der Waals surface area (Å²) in [7, 11) is 0. The molecule has 158 valence electrons. The highest BCUT2D eigenvalue weighted by Gasteiger charge is 2.17. The summed E-state index contributed by atoms with van der Waals surface area (Å²) in [6.07, 6.45) is 0. The highest BCUT2D eigenvalue weighted by atomic mass is 16.6. The molecule has 1 heterocycles. The van der Waals surface area contributed by atoms with Gasteiger partial charge >= 0.3 is 5.97 Å². The van der Waals surface area contributed by atoms with Crippen LogP contribution in [0.25, 0.3) is 16.9 Å². The minimum atomic E-state index is -1.06. The van der Waals surface area contributed by atoms with E-state index in [1.54, 1.807) is 12.1 Å². The lowest BCUT2D eigenvalue weighted by atomic mass is 10.1. The first-order chi connectivity index (χ1) is 15.4. The number of aromatic carboxylic acids is 1. The number of hydrogen-bond acceptors (Lipinski definition) is 6. The van der Waals surface area contributed by atoms with E-state index in [-0.39, 0.29) is 16.9 Å². The van der Waals surface area contributed by atoms with Gasteiger partial charge in [-0.1, -0.05) is 30.3 Å². The van der Waals surface area contributed by atoms with Gasteiger partial charge in [0.1, 0.15) is 0 Å². The van der Waals surface area contributed by atoms with E-state index >= 15 is 0 Å². The Bertz CT molecular complexity index is 1370. The second-order valence-electron chi connectivity index (χ2n) is 6.67. The van der Waals surface area contributed by atoms with Crippen LogP contribution >= 0.6 is 0 Å². The van der Waals surface area contributed by atoms with Gasteiger partial charge in [-0.3, -0.25) is 20.0 Å². The SMILES string of the molecule is O=C(O)c1ccc(N=Nc2c(-c3ccccc3)[nH]n(-c3ccc([N+](=O)[O-])cc3)c2=O)cc1. The van der Waals surface area contributed by atoms with Gasteiger partial charge in [0.25, 0.3) is 11.2 Å². The van der Waals surface area contributed by atoms with Crippen LogP contribution in [-0.2, 0) is 0 Å². The van der Waals surface area contributed by atoms with Gasteiger partial charge in [-0.25, -0.2) is 9.48 Å². The van der Waals surface area contributed by atoms with Crippen molar-refractivity contribution in [2.75, 3.05) is 0 Å². The van der Waals surface area contributed by atoms with E-state index in [1.807, 2.05) is 18.2 Å². The van der Waals surface area contributed by atoms with Crippen LogP contribution in [0.15, 0.2) is 93.9 Å². The molecule has 1 aromatic heterocycles. The average Bonchev–Trinajstić information content (AvgIpc) is 3.14. The number of non-ortho nitro benzene ring substituents is 1. The average molecular weight is 429 g/mol. The number of benzene rings is 3. The van der Waals surface area contributed by atoms with Crippen molar-refractivity contribution >= 4 is 23.0 Å². The molecule has 3 aromatic carbocycles. The maximum atomic E-state index is 13.1. The Hall–Kier alpha value is -4.86. The number of carbonyl (C=O) groups is 1. The molecular formula is C22H15N5O5. The topological polar surface area (TPSA) is 143 Å². The van der Waals surface area contributed by atoms with Gasteiger partial charge in [0.05, 0.1) is 27.6 Å². The zero-order valence-electron chi connectivity index (χ0n) is 16.4. The van der Waals surface area contributed by atoms with Crippen LogP contribution in [0.3, 0.4) is 0 Å². The molecule has 2 N–H and O–H groups in total. The van der Waals surface area contributed by atoms with Crippen molar-refractivity contribution in [1.29, 1.82) is 0 Å². The molecule has 32 heavy (non-hydrogen) atoms. The van der Waals surface area contributed by atoms with Crippen molar-refractivity contribution in [3.05, 3.63) is 105 Å². The van der Waals surface area contributed by atoms with Gasteiger partial charge < -0.3 is 5.11 Å². The Balaban J connectivity index is 1.79. The summed E-state index contributed by atoms with van der Waals surface area (Å²) < 4.78 is 1.23. The van der Waals surface area contributed by atoms with Crippen LogP contribution in [0.4, 0.5) is 17.1 Å². The molecule has 4 aromatic rings. The van der Waals surface area contributed by atoms with Crippen molar-refractivity contribution in [1.82, 2.24) is 9.78 Å². The Morgan fingerprint density at radius 3 is 2.19 bits per heavy atom. The normalized spacial score (nSPS) is 11.0. The molecule has 0 aliphatic carbocycles. The number of nitrogens with one attached hydrogen (secondary N) is 1. The second kappa shape index (κ2) is 8.48. The number of H-pyrrole nitrogens is 1. The highest BCUT2D eigenvalue weighted by molar-refractivity contribution is 5.87. The fourth-order valence-corrected chi connectivity index (χ4v) is 3.01. The smallest absolute Gasteiger partial charge is 0.335 e. The fraction of sp³-hybridized carbons (Fsp3) is 0. The van der Waals surface area contributed by atoms with E-state index in [1.165, 1.54) is 53.2 Å². The van der Waals surface area contributed by atoms with E-state index in [2.05, 4.69) is 15.3 Å². The maximum absolute atomic E-state index is 13.1. The summed E-state index contributed by atoms with van der Waals surface area (Å²) in [5, 5.41) is 31.1. The molecule has 10 heteroatoms. The minimum absolute atomic E-state index is 0.0388. The minimum Gasteiger partial charge on any atom is -0.478 e. The lowest BCUT2D eigenvalue weighted by molar-refractivity contribution is -0.384. The molecule has 10 nitrogen and oxygen atoms in total. The van der Waals surface area contributed by atoms with Gasteiger partial charge in [-0.05, 0) is 36.4 Å². The van der Waals surface area contributed by atoms with Gasteiger partial charge in [0.15, 0.2) is 5.69 Å². The number of carboxylic acid groups (broad SMARTS) is 1. The number of hydrogen-bond donors (Lipinski definition) is 2. The molecule has 0 saturated carbocycles. The van der Waals surface area contributed by atoms with Crippen LogP contribution < -0.4 is 5.56 Å². The monoisotopic (exact) mass is 429 g/mol. The number of nitrogens with zero attached hydrogens (tertiary/aromatic N) is 4. The molecular weight excluding hydrogens is 414 g/mol. The third-order valence-electron chi connectivity index (χ3n) is 4.63. The van der Waals surface area contributed by atoms with E-state index in [4.69, 9.17) is 5.11 Å². The summed E-state index contributed by atoms with van der Waals surface area (Å²) in [5.41, 5.74) is 1.43. The summed E-state index contributed by atoms with van der Waals surface area (Å²) in [6, 6.07) is 20.3. The number of nitro benzene ring substituents is 1. The lowest BCUT2D eigenvalue weighted by Gasteiger charge is -2.01. The number of azo groups is 1. The zero-order chi connectivity index (χ0) is 22.7. The standard InChI is InChI=1S/C22H15N5O5/c28-21-20(24-23-16-8-6-15(7-9-16)22(29)30)19(14-4-2-1-3-5-14)25-26(21)17-10-12-18(13-11-17)27(31)32/h1-13,25H,(H,29,30). The number of nitro groups is 1. The van der Waals surface area contributed by atoms with Crippen LogP contribution in [0, 0.1) is 10.1 Å². The second-order valence-corrected chi connectivity index (χ2v) is 6.67. The summed E-state index contributed by atoms with van der Waals surface area (Å²) in [6.45, 7) is 0. The molecule has 0 radical (unpaired) electrons. The van der Waals surface area contributed by atoms with Crippen LogP contribution in [0.5, 0.6) is 0 Å². The van der Waals surface area contributed by atoms with Crippen LogP contribution in [-0.4, -0.2) is 25.8 Å². The van der Waals surface area contributed by atoms with Crippen molar-refractivity contribution in [2.45, 2.75) is 0 Å². The van der Waals surface area contributed by atoms with Gasteiger partial charge in [0, 0.05) is 17.7 Å². The third-order valence-corrected chi connectivity index (χ3v) is 4.63. The van der Waals surface area contributed by atoms with Crippen LogP contribution in [0.2, 0.25) is 0 Å². The summed E-state index contributed by atoms with van der Waals surface area (Å²) in [5.74, 6) is -1.06. The molecule has 0 atom stereocenters. The zero-order valence-corrected chi connectivity index (χ0v) is 16.4. The molecule has 0 unspecified atom stereocenters. The summed E-state index contributed by atoms with van der Waals surface area (Å²) in [4.78, 5) is 34.5. The number of carboxylic acids is 1. The lowest BCUT2D eigenvalue weighted by Crippen LogP contribution is -2.13. The molecule has 0 aliphatic heterocycles. The predicted molar refractivity (Wildman–Crippen MR) is 116 cm³/mol. The van der Waals surface area contributed by atoms with Crippen molar-refractivity contribution in [3.8, 4) is 16.9 Å². The highest BCUT2D eigenvalue weighted by Crippen LogP contribution is 2.28. The maximum Gasteiger partial charge on any atom is 0.335 e. The fourth-order valence-electron chi connectivity index (χ4n) is 3.01. The molecule has 0 fully saturated rings. The largest absolute Gasteiger partial charge is 0.478 e. The Labute approximate surface area is 180 Å². The molecule has 0 bridgehead atoms. The van der Waals surface area contributed by atoms with Crippen molar-refractivity contribution in [2.24, 2.45) is 10.2 Å². The van der Waals surface area contributed by atoms with Crippen molar-refractivity contribution < 1.29 is 14.8 Å².